The predicted molar refractivity (Wildman–Crippen MR) is 97.2 cm³/mol. The summed E-state index contributed by atoms with van der Waals surface area (Å²) in [6.45, 7) is 2.57. The van der Waals surface area contributed by atoms with Crippen LogP contribution in [0.3, 0.4) is 0 Å². The third kappa shape index (κ3) is 3.92. The first-order chi connectivity index (χ1) is 12.7. The first-order valence-electron chi connectivity index (χ1n) is 9.15. The highest BCUT2D eigenvalue weighted by Crippen LogP contribution is 2.38. The number of pyridine rings is 1. The van der Waals surface area contributed by atoms with E-state index in [0.717, 1.165) is 37.6 Å². The number of piperidine rings is 1. The number of anilines is 1. The van der Waals surface area contributed by atoms with Gasteiger partial charge in [0.15, 0.2) is 0 Å². The summed E-state index contributed by atoms with van der Waals surface area (Å²) in [7, 11) is 0. The van der Waals surface area contributed by atoms with E-state index in [2.05, 4.69) is 14.9 Å². The summed E-state index contributed by atoms with van der Waals surface area (Å²) in [5.41, 5.74) is 5.48. The zero-order valence-electron chi connectivity index (χ0n) is 14.7. The van der Waals surface area contributed by atoms with Gasteiger partial charge in [0.2, 0.25) is 0 Å². The molecule has 136 valence electrons. The lowest BCUT2D eigenvalue weighted by Crippen LogP contribution is -2.36. The molecule has 1 saturated heterocycles. The summed E-state index contributed by atoms with van der Waals surface area (Å²) in [5.74, 6) is 3.20. The number of amides is 1. The molecule has 1 amide bonds. The van der Waals surface area contributed by atoms with Crippen molar-refractivity contribution in [3.05, 3.63) is 42.1 Å². The molecule has 2 N–H and O–H groups in total. The molecule has 26 heavy (non-hydrogen) atoms. The second-order valence-electron chi connectivity index (χ2n) is 7.03. The van der Waals surface area contributed by atoms with Crippen LogP contribution in [-0.4, -0.2) is 40.6 Å². The van der Waals surface area contributed by atoms with Crippen molar-refractivity contribution in [2.45, 2.75) is 31.6 Å². The summed E-state index contributed by atoms with van der Waals surface area (Å²) in [6.07, 6.45) is 7.97. The van der Waals surface area contributed by atoms with Gasteiger partial charge in [-0.3, -0.25) is 9.78 Å². The Hall–Kier alpha value is -2.70. The van der Waals surface area contributed by atoms with Gasteiger partial charge < -0.3 is 15.4 Å². The summed E-state index contributed by atoms with van der Waals surface area (Å²) in [5, 5.41) is 0. The Bertz CT molecular complexity index is 785. The van der Waals surface area contributed by atoms with Crippen LogP contribution >= 0.6 is 0 Å². The number of primary amides is 1. The number of rotatable bonds is 6. The van der Waals surface area contributed by atoms with Crippen molar-refractivity contribution in [2.75, 3.05) is 24.6 Å². The number of carbonyl (C=O) groups excluding carboxylic acids is 1. The van der Waals surface area contributed by atoms with Crippen LogP contribution in [0.1, 0.15) is 47.9 Å². The highest BCUT2D eigenvalue weighted by atomic mass is 16.5. The quantitative estimate of drug-likeness (QED) is 0.855. The first kappa shape index (κ1) is 16.8. The molecule has 0 aromatic carbocycles. The summed E-state index contributed by atoms with van der Waals surface area (Å²) in [6, 6.07) is 5.35. The molecule has 2 aromatic heterocycles. The molecule has 1 aliphatic heterocycles. The van der Waals surface area contributed by atoms with Gasteiger partial charge in [0.1, 0.15) is 23.1 Å². The number of hydrogen-bond acceptors (Lipinski definition) is 6. The normalized spacial score (nSPS) is 17.9. The average Bonchev–Trinajstić information content (AvgIpc) is 3.52. The van der Waals surface area contributed by atoms with Gasteiger partial charge >= 0.3 is 0 Å². The minimum Gasteiger partial charge on any atom is -0.493 e. The predicted octanol–water partition coefficient (Wildman–Crippen LogP) is 2.14. The van der Waals surface area contributed by atoms with Crippen molar-refractivity contribution in [1.82, 2.24) is 15.0 Å². The third-order valence-electron chi connectivity index (χ3n) is 5.01. The van der Waals surface area contributed by atoms with Gasteiger partial charge in [-0.15, -0.1) is 0 Å². The molecule has 0 bridgehead atoms. The molecular weight excluding hydrogens is 330 g/mol. The van der Waals surface area contributed by atoms with Crippen LogP contribution in [0.4, 0.5) is 5.82 Å². The van der Waals surface area contributed by atoms with E-state index >= 15 is 0 Å². The van der Waals surface area contributed by atoms with Gasteiger partial charge in [0.25, 0.3) is 5.91 Å². The van der Waals surface area contributed by atoms with Gasteiger partial charge in [0.05, 0.1) is 6.61 Å². The lowest BCUT2D eigenvalue weighted by molar-refractivity contribution is 0.0995. The SMILES string of the molecule is NC(=O)c1cc(OCC2CCN(c3ccnc(C4CC4)n3)CC2)ccn1. The van der Waals surface area contributed by atoms with Crippen LogP contribution in [-0.2, 0) is 0 Å². The lowest BCUT2D eigenvalue weighted by atomic mass is 9.98. The van der Waals surface area contributed by atoms with Crippen molar-refractivity contribution in [1.29, 1.82) is 0 Å². The van der Waals surface area contributed by atoms with Gasteiger partial charge in [-0.2, -0.15) is 0 Å². The van der Waals surface area contributed by atoms with E-state index in [1.807, 2.05) is 12.3 Å². The fourth-order valence-electron chi connectivity index (χ4n) is 3.26. The number of nitrogens with two attached hydrogens (primary N) is 1. The zero-order valence-corrected chi connectivity index (χ0v) is 14.7. The first-order valence-corrected chi connectivity index (χ1v) is 9.15. The Morgan fingerprint density at radius 1 is 1.15 bits per heavy atom. The fraction of sp³-hybridized carbons (Fsp3) is 0.474. The van der Waals surface area contributed by atoms with E-state index < -0.39 is 5.91 Å². The fourth-order valence-corrected chi connectivity index (χ4v) is 3.26. The standard InChI is InChI=1S/C19H23N5O2/c20-18(25)16-11-15(3-7-21-16)26-12-13-5-9-24(10-6-13)17-4-8-22-19(23-17)14-1-2-14/h3-4,7-8,11,13-14H,1-2,5-6,9-10,12H2,(H2,20,25). The third-order valence-corrected chi connectivity index (χ3v) is 5.01. The van der Waals surface area contributed by atoms with Gasteiger partial charge in [-0.25, -0.2) is 9.97 Å². The van der Waals surface area contributed by atoms with Crippen LogP contribution in [0.15, 0.2) is 30.6 Å². The van der Waals surface area contributed by atoms with E-state index in [9.17, 15) is 4.79 Å². The number of aromatic nitrogens is 3. The molecular formula is C19H23N5O2. The van der Waals surface area contributed by atoms with E-state index in [4.69, 9.17) is 15.5 Å². The minimum atomic E-state index is -0.542. The van der Waals surface area contributed by atoms with Crippen molar-refractivity contribution in [3.63, 3.8) is 0 Å². The summed E-state index contributed by atoms with van der Waals surface area (Å²) >= 11 is 0. The summed E-state index contributed by atoms with van der Waals surface area (Å²) in [4.78, 5) is 26.6. The smallest absolute Gasteiger partial charge is 0.267 e. The van der Waals surface area contributed by atoms with Crippen LogP contribution in [0.5, 0.6) is 5.75 Å². The number of carbonyl (C=O) groups is 1. The lowest BCUT2D eigenvalue weighted by Gasteiger charge is -2.32. The van der Waals surface area contributed by atoms with E-state index in [-0.39, 0.29) is 5.69 Å². The molecule has 0 unspecified atom stereocenters. The molecule has 1 saturated carbocycles. The molecule has 2 fully saturated rings. The highest BCUT2D eigenvalue weighted by molar-refractivity contribution is 5.91. The Labute approximate surface area is 152 Å². The number of nitrogens with zero attached hydrogens (tertiary/aromatic N) is 4. The van der Waals surface area contributed by atoms with Gasteiger partial charge in [-0.05, 0) is 43.7 Å². The Morgan fingerprint density at radius 3 is 2.65 bits per heavy atom. The van der Waals surface area contributed by atoms with E-state index in [0.29, 0.717) is 24.2 Å². The highest BCUT2D eigenvalue weighted by Gasteiger charge is 2.27. The van der Waals surface area contributed by atoms with Crippen LogP contribution < -0.4 is 15.4 Å². The second kappa shape index (κ2) is 7.27. The van der Waals surface area contributed by atoms with Crippen molar-refractivity contribution in [2.24, 2.45) is 11.7 Å². The van der Waals surface area contributed by atoms with Crippen LogP contribution in [0, 0.1) is 5.92 Å². The van der Waals surface area contributed by atoms with Crippen LogP contribution in [0.2, 0.25) is 0 Å². The van der Waals surface area contributed by atoms with E-state index in [1.54, 1.807) is 18.3 Å². The maximum Gasteiger partial charge on any atom is 0.267 e. The largest absolute Gasteiger partial charge is 0.493 e. The van der Waals surface area contributed by atoms with Crippen molar-refractivity contribution < 1.29 is 9.53 Å². The molecule has 0 radical (unpaired) electrons. The Kier molecular flexibility index (Phi) is 4.69. The molecule has 0 atom stereocenters. The monoisotopic (exact) mass is 353 g/mol. The van der Waals surface area contributed by atoms with Gasteiger partial charge in [-0.1, -0.05) is 0 Å². The molecule has 0 spiro atoms. The second-order valence-corrected chi connectivity index (χ2v) is 7.03. The van der Waals surface area contributed by atoms with Crippen LogP contribution in [0.25, 0.3) is 0 Å². The number of hydrogen-bond donors (Lipinski definition) is 1. The van der Waals surface area contributed by atoms with Gasteiger partial charge in [0, 0.05) is 37.5 Å². The molecule has 7 heteroatoms. The molecule has 7 nitrogen and oxygen atoms in total. The molecule has 2 aromatic rings. The summed E-state index contributed by atoms with van der Waals surface area (Å²) < 4.78 is 5.84. The van der Waals surface area contributed by atoms with Crippen molar-refractivity contribution in [3.8, 4) is 5.75 Å². The maximum absolute atomic E-state index is 11.2. The van der Waals surface area contributed by atoms with Crippen molar-refractivity contribution >= 4 is 11.7 Å². The molecule has 4 rings (SSSR count). The minimum absolute atomic E-state index is 0.229. The topological polar surface area (TPSA) is 94.2 Å². The maximum atomic E-state index is 11.2. The average molecular weight is 353 g/mol. The molecule has 3 heterocycles. The Morgan fingerprint density at radius 2 is 1.92 bits per heavy atom. The molecule has 1 aliphatic carbocycles. The number of ether oxygens (including phenoxy) is 1. The zero-order chi connectivity index (χ0) is 17.9. The Balaban J connectivity index is 1.29. The van der Waals surface area contributed by atoms with E-state index in [1.165, 1.54) is 12.8 Å². The molecule has 2 aliphatic rings.